The van der Waals surface area contributed by atoms with Crippen LogP contribution in [0.4, 0.5) is 0 Å². The highest BCUT2D eigenvalue weighted by Gasteiger charge is 2.28. The van der Waals surface area contributed by atoms with Crippen LogP contribution in [-0.2, 0) is 11.2 Å². The highest BCUT2D eigenvalue weighted by Crippen LogP contribution is 2.23. The van der Waals surface area contributed by atoms with Gasteiger partial charge in [-0.05, 0) is 57.2 Å². The van der Waals surface area contributed by atoms with Crippen molar-refractivity contribution in [2.45, 2.75) is 44.7 Å². The first-order valence-corrected chi connectivity index (χ1v) is 9.53. The Bertz CT molecular complexity index is 579. The van der Waals surface area contributed by atoms with E-state index < -0.39 is 0 Å². The Morgan fingerprint density at radius 2 is 1.96 bits per heavy atom. The van der Waals surface area contributed by atoms with Gasteiger partial charge in [0.1, 0.15) is 0 Å². The molecule has 3 rings (SSSR count). The molecule has 25 heavy (non-hydrogen) atoms. The molecule has 1 fully saturated rings. The molecule has 1 aliphatic carbocycles. The van der Waals surface area contributed by atoms with E-state index in [1.54, 1.807) is 0 Å². The van der Waals surface area contributed by atoms with Crippen molar-refractivity contribution in [3.63, 3.8) is 0 Å². The van der Waals surface area contributed by atoms with Gasteiger partial charge in [0.25, 0.3) is 0 Å². The van der Waals surface area contributed by atoms with Gasteiger partial charge < -0.3 is 10.4 Å². The molecule has 0 bridgehead atoms. The molecule has 1 aromatic rings. The summed E-state index contributed by atoms with van der Waals surface area (Å²) in [6, 6.07) is 10.7. The summed E-state index contributed by atoms with van der Waals surface area (Å²) in [5.41, 5.74) is 1.41. The van der Waals surface area contributed by atoms with E-state index in [4.69, 9.17) is 0 Å². The van der Waals surface area contributed by atoms with Gasteiger partial charge in [-0.2, -0.15) is 0 Å². The lowest BCUT2D eigenvalue weighted by atomic mass is 9.89. The molecule has 4 heteroatoms. The van der Waals surface area contributed by atoms with Crippen molar-refractivity contribution >= 4 is 5.91 Å². The zero-order chi connectivity index (χ0) is 17.6. The molecule has 2 N–H and O–H groups in total. The maximum absolute atomic E-state index is 12.5. The first kappa shape index (κ1) is 18.2. The first-order chi connectivity index (χ1) is 12.2. The topological polar surface area (TPSA) is 52.6 Å². The van der Waals surface area contributed by atoms with Crippen LogP contribution in [0.25, 0.3) is 0 Å². The van der Waals surface area contributed by atoms with Crippen molar-refractivity contribution < 1.29 is 9.90 Å². The molecule has 1 heterocycles. The van der Waals surface area contributed by atoms with Crippen molar-refractivity contribution in [2.75, 3.05) is 19.7 Å². The second kappa shape index (κ2) is 8.63. The number of aliphatic hydroxyl groups is 1. The van der Waals surface area contributed by atoms with E-state index in [9.17, 15) is 9.90 Å². The lowest BCUT2D eigenvalue weighted by Gasteiger charge is -2.35. The summed E-state index contributed by atoms with van der Waals surface area (Å²) in [6.45, 7) is 4.15. The van der Waals surface area contributed by atoms with E-state index in [1.165, 1.54) is 5.56 Å². The number of hydrogen-bond donors (Lipinski definition) is 2. The number of rotatable bonds is 6. The van der Waals surface area contributed by atoms with Crippen LogP contribution in [0.2, 0.25) is 0 Å². The second-order valence-electron chi connectivity index (χ2n) is 7.52. The highest BCUT2D eigenvalue weighted by molar-refractivity contribution is 5.81. The number of aliphatic hydroxyl groups excluding tert-OH is 1. The summed E-state index contributed by atoms with van der Waals surface area (Å²) in [6.07, 6.45) is 8.28. The molecule has 0 aromatic heterocycles. The highest BCUT2D eigenvalue weighted by atomic mass is 16.3. The van der Waals surface area contributed by atoms with Gasteiger partial charge in [-0.1, -0.05) is 42.5 Å². The Hall–Kier alpha value is -1.65. The van der Waals surface area contributed by atoms with E-state index in [0.717, 1.165) is 44.7 Å². The maximum Gasteiger partial charge on any atom is 0.237 e. The molecule has 0 spiro atoms. The minimum absolute atomic E-state index is 0.0720. The molecule has 2 aliphatic rings. The van der Waals surface area contributed by atoms with E-state index in [0.29, 0.717) is 0 Å². The van der Waals surface area contributed by atoms with Crippen LogP contribution >= 0.6 is 0 Å². The summed E-state index contributed by atoms with van der Waals surface area (Å²) in [4.78, 5) is 14.8. The zero-order valence-corrected chi connectivity index (χ0v) is 15.1. The summed E-state index contributed by atoms with van der Waals surface area (Å²) < 4.78 is 0. The SMILES string of the molecule is C[C@@H](C(=O)N[C@@H]1C=C[C@H](CO)C1)N1CCC(Cc2ccccc2)CC1. The molecule has 1 aromatic carbocycles. The third kappa shape index (κ3) is 4.93. The van der Waals surface area contributed by atoms with Crippen molar-refractivity contribution in [1.29, 1.82) is 0 Å². The van der Waals surface area contributed by atoms with E-state index in [-0.39, 0.29) is 30.5 Å². The number of benzene rings is 1. The number of nitrogens with one attached hydrogen (secondary N) is 1. The fourth-order valence-electron chi connectivity index (χ4n) is 3.98. The Kier molecular flexibility index (Phi) is 6.27. The molecule has 1 amide bonds. The van der Waals surface area contributed by atoms with E-state index >= 15 is 0 Å². The first-order valence-electron chi connectivity index (χ1n) is 9.53. The summed E-state index contributed by atoms with van der Waals surface area (Å²) >= 11 is 0. The number of likely N-dealkylation sites (tertiary alicyclic amines) is 1. The third-order valence-corrected chi connectivity index (χ3v) is 5.68. The fourth-order valence-corrected chi connectivity index (χ4v) is 3.98. The number of hydrogen-bond acceptors (Lipinski definition) is 3. The number of nitrogens with zero attached hydrogens (tertiary/aromatic N) is 1. The molecular formula is C21H30N2O2. The molecule has 4 nitrogen and oxygen atoms in total. The monoisotopic (exact) mass is 342 g/mol. The molecule has 3 atom stereocenters. The average molecular weight is 342 g/mol. The predicted octanol–water partition coefficient (Wildman–Crippen LogP) is 2.38. The summed E-state index contributed by atoms with van der Waals surface area (Å²) in [5, 5.41) is 12.3. The zero-order valence-electron chi connectivity index (χ0n) is 15.1. The fraction of sp³-hybridized carbons (Fsp3) is 0.571. The Morgan fingerprint density at radius 1 is 1.24 bits per heavy atom. The second-order valence-corrected chi connectivity index (χ2v) is 7.52. The largest absolute Gasteiger partial charge is 0.396 e. The molecule has 0 radical (unpaired) electrons. The molecule has 1 aliphatic heterocycles. The van der Waals surface area contributed by atoms with Crippen LogP contribution in [0.5, 0.6) is 0 Å². The Morgan fingerprint density at radius 3 is 2.60 bits per heavy atom. The third-order valence-electron chi connectivity index (χ3n) is 5.68. The van der Waals surface area contributed by atoms with Gasteiger partial charge in [0, 0.05) is 18.6 Å². The smallest absolute Gasteiger partial charge is 0.237 e. The van der Waals surface area contributed by atoms with Crippen molar-refractivity contribution in [2.24, 2.45) is 11.8 Å². The van der Waals surface area contributed by atoms with Crippen LogP contribution in [0.3, 0.4) is 0 Å². The number of piperidine rings is 1. The van der Waals surface area contributed by atoms with Crippen molar-refractivity contribution in [1.82, 2.24) is 10.2 Å². The van der Waals surface area contributed by atoms with Gasteiger partial charge in [-0.25, -0.2) is 0 Å². The van der Waals surface area contributed by atoms with Gasteiger partial charge in [-0.15, -0.1) is 0 Å². The maximum atomic E-state index is 12.5. The standard InChI is InChI=1S/C21H30N2O2/c1-16(21(25)22-20-8-7-19(14-20)15-24)23-11-9-18(10-12-23)13-17-5-3-2-4-6-17/h2-8,16,18-20,24H,9-15H2,1H3,(H,22,25)/t16-,19-,20+/m0/s1. The molecule has 0 unspecified atom stereocenters. The lowest BCUT2D eigenvalue weighted by molar-refractivity contribution is -0.126. The minimum atomic E-state index is -0.0840. The molecular weight excluding hydrogens is 312 g/mol. The Labute approximate surface area is 150 Å². The molecule has 136 valence electrons. The van der Waals surface area contributed by atoms with E-state index in [1.807, 2.05) is 19.1 Å². The average Bonchev–Trinajstić information content (AvgIpc) is 3.10. The van der Waals surface area contributed by atoms with Gasteiger partial charge in [-0.3, -0.25) is 9.69 Å². The number of carbonyl (C=O) groups is 1. The van der Waals surface area contributed by atoms with Crippen LogP contribution in [0, 0.1) is 11.8 Å². The number of carbonyl (C=O) groups excluding carboxylic acids is 1. The van der Waals surface area contributed by atoms with Gasteiger partial charge in [0.05, 0.1) is 6.04 Å². The van der Waals surface area contributed by atoms with Gasteiger partial charge in [0.15, 0.2) is 0 Å². The van der Waals surface area contributed by atoms with Crippen LogP contribution in [0.15, 0.2) is 42.5 Å². The quantitative estimate of drug-likeness (QED) is 0.781. The number of amides is 1. The molecule has 1 saturated heterocycles. The van der Waals surface area contributed by atoms with Crippen LogP contribution in [-0.4, -0.2) is 47.7 Å². The van der Waals surface area contributed by atoms with Crippen molar-refractivity contribution in [3.05, 3.63) is 48.0 Å². The predicted molar refractivity (Wildman–Crippen MR) is 100 cm³/mol. The minimum Gasteiger partial charge on any atom is -0.396 e. The summed E-state index contributed by atoms with van der Waals surface area (Å²) in [5.74, 6) is 1.01. The van der Waals surface area contributed by atoms with Gasteiger partial charge >= 0.3 is 0 Å². The summed E-state index contributed by atoms with van der Waals surface area (Å²) in [7, 11) is 0. The molecule has 0 saturated carbocycles. The van der Waals surface area contributed by atoms with Gasteiger partial charge in [0.2, 0.25) is 5.91 Å². The van der Waals surface area contributed by atoms with E-state index in [2.05, 4.69) is 40.5 Å². The Balaban J connectivity index is 1.42. The normalized spacial score (nSPS) is 25.8. The van der Waals surface area contributed by atoms with Crippen molar-refractivity contribution in [3.8, 4) is 0 Å². The lowest BCUT2D eigenvalue weighted by Crippen LogP contribution is -2.50. The van der Waals surface area contributed by atoms with Crippen LogP contribution in [0.1, 0.15) is 31.7 Å². The van der Waals surface area contributed by atoms with Crippen LogP contribution < -0.4 is 5.32 Å².